The summed E-state index contributed by atoms with van der Waals surface area (Å²) in [5.41, 5.74) is 9.21. The van der Waals surface area contributed by atoms with Crippen LogP contribution in [0.3, 0.4) is 0 Å². The lowest BCUT2D eigenvalue weighted by Crippen LogP contribution is -1.96. The Balaban J connectivity index is 1.55. The van der Waals surface area contributed by atoms with Crippen LogP contribution in [-0.4, -0.2) is 14.1 Å². The van der Waals surface area contributed by atoms with Crippen molar-refractivity contribution in [2.45, 2.75) is 0 Å². The van der Waals surface area contributed by atoms with E-state index in [-0.39, 0.29) is 0 Å². The summed E-state index contributed by atoms with van der Waals surface area (Å²) in [5.74, 6) is 0. The highest BCUT2D eigenvalue weighted by Gasteiger charge is 2.21. The monoisotopic (exact) mass is 485 g/mol. The Bertz CT molecular complexity index is 2120. The number of rotatable bonds is 3. The Morgan fingerprint density at radius 3 is 2.03 bits per heavy atom. The van der Waals surface area contributed by atoms with Gasteiger partial charge in [0, 0.05) is 39.1 Å². The molecule has 0 unspecified atom stereocenters. The first kappa shape index (κ1) is 21.0. The number of benzene rings is 5. The lowest BCUT2D eigenvalue weighted by molar-refractivity contribution is 1.14. The van der Waals surface area contributed by atoms with Crippen molar-refractivity contribution in [3.05, 3.63) is 140 Å². The summed E-state index contributed by atoms with van der Waals surface area (Å²) in [6.07, 6.45) is 1.89. The van der Waals surface area contributed by atoms with Crippen LogP contribution in [-0.2, 0) is 0 Å². The van der Waals surface area contributed by atoms with Gasteiger partial charge in [0.05, 0.1) is 16.6 Å². The Kier molecular flexibility index (Phi) is 4.52. The molecule has 0 radical (unpaired) electrons. The van der Waals surface area contributed by atoms with E-state index in [2.05, 4.69) is 137 Å². The van der Waals surface area contributed by atoms with Gasteiger partial charge in [0.15, 0.2) is 0 Å². The lowest BCUT2D eigenvalue weighted by Gasteiger charge is -2.11. The average molecular weight is 486 g/mol. The van der Waals surface area contributed by atoms with Crippen molar-refractivity contribution in [1.82, 2.24) is 14.1 Å². The third-order valence-corrected chi connectivity index (χ3v) is 7.55. The van der Waals surface area contributed by atoms with Crippen LogP contribution in [0.25, 0.3) is 66.2 Å². The van der Waals surface area contributed by atoms with Gasteiger partial charge in [-0.15, -0.1) is 0 Å². The molecule has 178 valence electrons. The van der Waals surface area contributed by atoms with Crippen LogP contribution in [0.4, 0.5) is 0 Å². The smallest absolute Gasteiger partial charge is 0.145 e. The average Bonchev–Trinajstić information content (AvgIpc) is 3.51. The minimum Gasteiger partial charge on any atom is -0.309 e. The summed E-state index contributed by atoms with van der Waals surface area (Å²) in [7, 11) is 0. The normalized spacial score (nSPS) is 11.7. The Hall–Kier alpha value is -5.15. The van der Waals surface area contributed by atoms with Crippen molar-refractivity contribution in [1.29, 1.82) is 0 Å². The fourth-order valence-corrected chi connectivity index (χ4v) is 5.94. The first-order valence-corrected chi connectivity index (χ1v) is 12.9. The van der Waals surface area contributed by atoms with Crippen molar-refractivity contribution in [2.24, 2.45) is 0 Å². The summed E-state index contributed by atoms with van der Waals surface area (Å²) >= 11 is 0. The van der Waals surface area contributed by atoms with Gasteiger partial charge in [0.25, 0.3) is 0 Å². The summed E-state index contributed by atoms with van der Waals surface area (Å²) in [4.78, 5) is 4.87. The van der Waals surface area contributed by atoms with E-state index >= 15 is 0 Å². The van der Waals surface area contributed by atoms with E-state index < -0.39 is 0 Å². The zero-order chi connectivity index (χ0) is 25.1. The fraction of sp³-hybridized carbons (Fsp3) is 0. The Labute approximate surface area is 219 Å². The van der Waals surface area contributed by atoms with Crippen LogP contribution < -0.4 is 0 Å². The maximum absolute atomic E-state index is 4.87. The molecule has 3 nitrogen and oxygen atoms in total. The van der Waals surface area contributed by atoms with E-state index in [0.29, 0.717) is 0 Å². The standard InChI is InChI=1S/C35H23N3/c1-3-11-24(12-4-1)25-13-9-16-27(23-25)37-31-19-8-7-17-28(31)29-20-21-32-33(34(29)37)30-18-10-22-36-35(30)38(32)26-14-5-2-6-15-26/h1-23H. The van der Waals surface area contributed by atoms with Gasteiger partial charge in [-0.05, 0) is 59.7 Å². The second-order valence-electron chi connectivity index (χ2n) is 9.67. The van der Waals surface area contributed by atoms with Crippen LogP contribution in [0, 0.1) is 0 Å². The summed E-state index contributed by atoms with van der Waals surface area (Å²) in [6.45, 7) is 0. The minimum atomic E-state index is 0.969. The molecule has 0 aliphatic carbocycles. The molecule has 0 aliphatic rings. The van der Waals surface area contributed by atoms with Gasteiger partial charge in [0.1, 0.15) is 5.65 Å². The molecule has 0 fully saturated rings. The highest BCUT2D eigenvalue weighted by molar-refractivity contribution is 6.25. The van der Waals surface area contributed by atoms with Crippen LogP contribution in [0.1, 0.15) is 0 Å². The molecule has 0 N–H and O–H groups in total. The van der Waals surface area contributed by atoms with Gasteiger partial charge in [0.2, 0.25) is 0 Å². The van der Waals surface area contributed by atoms with E-state index in [4.69, 9.17) is 4.98 Å². The summed E-state index contributed by atoms with van der Waals surface area (Å²) < 4.78 is 4.72. The van der Waals surface area contributed by atoms with E-state index in [0.717, 1.165) is 27.9 Å². The van der Waals surface area contributed by atoms with Gasteiger partial charge in [-0.25, -0.2) is 4.98 Å². The molecule has 0 amide bonds. The molecule has 3 aromatic heterocycles. The molecule has 3 heteroatoms. The maximum Gasteiger partial charge on any atom is 0.145 e. The van der Waals surface area contributed by atoms with Crippen molar-refractivity contribution in [3.63, 3.8) is 0 Å². The lowest BCUT2D eigenvalue weighted by atomic mass is 10.0. The molecule has 0 saturated carbocycles. The second kappa shape index (κ2) is 8.19. The zero-order valence-electron chi connectivity index (χ0n) is 20.6. The van der Waals surface area contributed by atoms with Crippen LogP contribution >= 0.6 is 0 Å². The first-order chi connectivity index (χ1) is 18.9. The number of para-hydroxylation sites is 2. The van der Waals surface area contributed by atoms with E-state index in [1.54, 1.807) is 0 Å². The van der Waals surface area contributed by atoms with E-state index in [9.17, 15) is 0 Å². The van der Waals surface area contributed by atoms with E-state index in [1.165, 1.54) is 38.3 Å². The summed E-state index contributed by atoms with van der Waals surface area (Å²) in [6, 6.07) is 47.5. The Morgan fingerprint density at radius 1 is 0.447 bits per heavy atom. The molecule has 0 atom stereocenters. The molecular formula is C35H23N3. The van der Waals surface area contributed by atoms with Gasteiger partial charge in [-0.1, -0.05) is 84.9 Å². The number of nitrogens with zero attached hydrogens (tertiary/aromatic N) is 3. The second-order valence-corrected chi connectivity index (χ2v) is 9.67. The van der Waals surface area contributed by atoms with Crippen molar-refractivity contribution < 1.29 is 0 Å². The molecular weight excluding hydrogens is 462 g/mol. The molecule has 0 saturated heterocycles. The molecule has 0 aliphatic heterocycles. The highest BCUT2D eigenvalue weighted by Crippen LogP contribution is 2.41. The summed E-state index contributed by atoms with van der Waals surface area (Å²) in [5, 5.41) is 4.86. The molecule has 5 aromatic carbocycles. The molecule has 0 spiro atoms. The first-order valence-electron chi connectivity index (χ1n) is 12.9. The minimum absolute atomic E-state index is 0.969. The number of pyridine rings is 1. The van der Waals surface area contributed by atoms with Crippen molar-refractivity contribution in [2.75, 3.05) is 0 Å². The predicted octanol–water partition coefficient (Wildman–Crippen LogP) is 8.94. The number of aromatic nitrogens is 3. The highest BCUT2D eigenvalue weighted by atomic mass is 15.1. The third kappa shape index (κ3) is 2.99. The molecule has 0 bridgehead atoms. The number of hydrogen-bond acceptors (Lipinski definition) is 1. The van der Waals surface area contributed by atoms with Crippen LogP contribution in [0.2, 0.25) is 0 Å². The van der Waals surface area contributed by atoms with Gasteiger partial charge in [-0.2, -0.15) is 0 Å². The predicted molar refractivity (Wildman–Crippen MR) is 158 cm³/mol. The van der Waals surface area contributed by atoms with Crippen molar-refractivity contribution >= 4 is 43.7 Å². The molecule has 38 heavy (non-hydrogen) atoms. The van der Waals surface area contributed by atoms with E-state index in [1.807, 2.05) is 12.3 Å². The third-order valence-electron chi connectivity index (χ3n) is 7.55. The van der Waals surface area contributed by atoms with Crippen LogP contribution in [0.15, 0.2) is 140 Å². The molecule has 8 rings (SSSR count). The van der Waals surface area contributed by atoms with Crippen LogP contribution in [0.5, 0.6) is 0 Å². The SMILES string of the molecule is c1ccc(-c2cccc(-n3c4ccccc4c4ccc5c(c6cccnc6n5-c5ccccc5)c43)c2)cc1. The van der Waals surface area contributed by atoms with Crippen molar-refractivity contribution in [3.8, 4) is 22.5 Å². The maximum atomic E-state index is 4.87. The quantitative estimate of drug-likeness (QED) is 0.245. The van der Waals surface area contributed by atoms with Gasteiger partial charge in [-0.3, -0.25) is 4.57 Å². The number of hydrogen-bond donors (Lipinski definition) is 0. The van der Waals surface area contributed by atoms with Gasteiger partial charge < -0.3 is 4.57 Å². The van der Waals surface area contributed by atoms with Gasteiger partial charge >= 0.3 is 0 Å². The Morgan fingerprint density at radius 2 is 1.16 bits per heavy atom. The molecule has 8 aromatic rings. The fourth-order valence-electron chi connectivity index (χ4n) is 5.94. The number of fused-ring (bicyclic) bond motifs is 7. The topological polar surface area (TPSA) is 22.8 Å². The molecule has 3 heterocycles. The zero-order valence-corrected chi connectivity index (χ0v) is 20.6. The largest absolute Gasteiger partial charge is 0.309 e.